The number of alkyl halides is 1. The Morgan fingerprint density at radius 3 is 2.63 bits per heavy atom. The molecule has 1 aliphatic carbocycles. The maximum atomic E-state index is 12.8. The standard InChI is InChI=1S/C16H22BrNO/c1-12-7-8-13(2)15(11-12)16(19)18(10-9-17)14-5-3-4-6-14/h7-8,11,14H,3-6,9-10H2,1-2H3. The number of carbonyl (C=O) groups is 1. The fourth-order valence-corrected chi connectivity index (χ4v) is 3.26. The van der Waals surface area contributed by atoms with E-state index in [1.807, 2.05) is 26.0 Å². The molecule has 1 fully saturated rings. The third-order valence-electron chi connectivity index (χ3n) is 3.98. The van der Waals surface area contributed by atoms with Crippen molar-refractivity contribution in [2.24, 2.45) is 0 Å². The highest BCUT2D eigenvalue weighted by Crippen LogP contribution is 2.26. The second kappa shape index (κ2) is 6.56. The van der Waals surface area contributed by atoms with Gasteiger partial charge in [0.05, 0.1) is 0 Å². The van der Waals surface area contributed by atoms with Crippen LogP contribution in [0.4, 0.5) is 0 Å². The van der Waals surface area contributed by atoms with Crippen LogP contribution in [0.25, 0.3) is 0 Å². The summed E-state index contributed by atoms with van der Waals surface area (Å²) in [5.74, 6) is 0.201. The molecular formula is C16H22BrNO. The molecule has 3 heteroatoms. The minimum Gasteiger partial charge on any atom is -0.335 e. The number of amides is 1. The van der Waals surface area contributed by atoms with E-state index in [0.717, 1.165) is 41.4 Å². The van der Waals surface area contributed by atoms with Gasteiger partial charge in [0.25, 0.3) is 5.91 Å². The quantitative estimate of drug-likeness (QED) is 0.764. The van der Waals surface area contributed by atoms with Gasteiger partial charge in [-0.15, -0.1) is 0 Å². The highest BCUT2D eigenvalue weighted by atomic mass is 79.9. The van der Waals surface area contributed by atoms with E-state index in [9.17, 15) is 4.79 Å². The summed E-state index contributed by atoms with van der Waals surface area (Å²) in [6.07, 6.45) is 4.82. The summed E-state index contributed by atoms with van der Waals surface area (Å²) in [5, 5.41) is 0.847. The largest absolute Gasteiger partial charge is 0.335 e. The van der Waals surface area contributed by atoms with Crippen molar-refractivity contribution in [2.45, 2.75) is 45.6 Å². The Balaban J connectivity index is 2.25. The molecule has 19 heavy (non-hydrogen) atoms. The molecule has 0 bridgehead atoms. The number of halogens is 1. The molecule has 1 aromatic rings. The van der Waals surface area contributed by atoms with Gasteiger partial charge in [0.2, 0.25) is 0 Å². The maximum absolute atomic E-state index is 12.8. The Kier molecular flexibility index (Phi) is 5.03. The molecule has 0 saturated heterocycles. The van der Waals surface area contributed by atoms with Crippen LogP contribution in [0.2, 0.25) is 0 Å². The molecule has 0 unspecified atom stereocenters. The van der Waals surface area contributed by atoms with Gasteiger partial charge >= 0.3 is 0 Å². The highest BCUT2D eigenvalue weighted by molar-refractivity contribution is 9.09. The monoisotopic (exact) mass is 323 g/mol. The van der Waals surface area contributed by atoms with Crippen LogP contribution in [0.3, 0.4) is 0 Å². The van der Waals surface area contributed by atoms with Gasteiger partial charge in [0.15, 0.2) is 0 Å². The highest BCUT2D eigenvalue weighted by Gasteiger charge is 2.27. The van der Waals surface area contributed by atoms with Gasteiger partial charge in [0.1, 0.15) is 0 Å². The van der Waals surface area contributed by atoms with Gasteiger partial charge in [0, 0.05) is 23.5 Å². The van der Waals surface area contributed by atoms with E-state index in [-0.39, 0.29) is 5.91 Å². The summed E-state index contributed by atoms with van der Waals surface area (Å²) in [6.45, 7) is 4.87. The smallest absolute Gasteiger partial charge is 0.254 e. The normalized spacial score (nSPS) is 15.7. The van der Waals surface area contributed by atoms with Crippen LogP contribution in [0, 0.1) is 13.8 Å². The predicted molar refractivity (Wildman–Crippen MR) is 83.0 cm³/mol. The SMILES string of the molecule is Cc1ccc(C)c(C(=O)N(CCBr)C2CCCC2)c1. The molecule has 1 amide bonds. The Morgan fingerprint density at radius 2 is 2.00 bits per heavy atom. The van der Waals surface area contributed by atoms with Crippen LogP contribution in [0.1, 0.15) is 47.2 Å². The lowest BCUT2D eigenvalue weighted by Crippen LogP contribution is -2.40. The lowest BCUT2D eigenvalue weighted by atomic mass is 10.0. The van der Waals surface area contributed by atoms with Crippen molar-refractivity contribution in [3.05, 3.63) is 34.9 Å². The van der Waals surface area contributed by atoms with Crippen molar-refractivity contribution in [2.75, 3.05) is 11.9 Å². The average molecular weight is 324 g/mol. The summed E-state index contributed by atoms with van der Waals surface area (Å²) < 4.78 is 0. The zero-order chi connectivity index (χ0) is 13.8. The van der Waals surface area contributed by atoms with E-state index >= 15 is 0 Å². The molecule has 1 aliphatic rings. The van der Waals surface area contributed by atoms with Gasteiger partial charge in [-0.2, -0.15) is 0 Å². The fourth-order valence-electron chi connectivity index (χ4n) is 2.88. The molecule has 0 aliphatic heterocycles. The molecular weight excluding hydrogens is 302 g/mol. The number of rotatable bonds is 4. The third-order valence-corrected chi connectivity index (χ3v) is 4.33. The lowest BCUT2D eigenvalue weighted by molar-refractivity contribution is 0.0695. The minimum absolute atomic E-state index is 0.201. The van der Waals surface area contributed by atoms with E-state index in [1.54, 1.807) is 0 Å². The summed E-state index contributed by atoms with van der Waals surface area (Å²) in [5.41, 5.74) is 3.10. The number of benzene rings is 1. The van der Waals surface area contributed by atoms with Crippen molar-refractivity contribution < 1.29 is 4.79 Å². The molecule has 1 aromatic carbocycles. The van der Waals surface area contributed by atoms with Gasteiger partial charge < -0.3 is 4.90 Å². The Labute approximate surface area is 124 Å². The molecule has 0 aromatic heterocycles. The number of carbonyl (C=O) groups excluding carboxylic acids is 1. The van der Waals surface area contributed by atoms with Crippen molar-refractivity contribution in [3.63, 3.8) is 0 Å². The summed E-state index contributed by atoms with van der Waals surface area (Å²) in [7, 11) is 0. The third kappa shape index (κ3) is 3.38. The number of hydrogen-bond acceptors (Lipinski definition) is 1. The van der Waals surface area contributed by atoms with Gasteiger partial charge in [-0.05, 0) is 38.3 Å². The molecule has 0 heterocycles. The topological polar surface area (TPSA) is 20.3 Å². The molecule has 0 atom stereocenters. The van der Waals surface area contributed by atoms with Crippen LogP contribution in [-0.2, 0) is 0 Å². The van der Waals surface area contributed by atoms with Crippen LogP contribution in [0.15, 0.2) is 18.2 Å². The molecule has 2 rings (SSSR count). The van der Waals surface area contributed by atoms with E-state index in [4.69, 9.17) is 0 Å². The molecule has 104 valence electrons. The second-order valence-electron chi connectivity index (χ2n) is 5.44. The maximum Gasteiger partial charge on any atom is 0.254 e. The van der Waals surface area contributed by atoms with Crippen molar-refractivity contribution in [1.29, 1.82) is 0 Å². The summed E-state index contributed by atoms with van der Waals surface area (Å²) in [6, 6.07) is 6.57. The van der Waals surface area contributed by atoms with Crippen molar-refractivity contribution >= 4 is 21.8 Å². The minimum atomic E-state index is 0.201. The zero-order valence-electron chi connectivity index (χ0n) is 11.8. The van der Waals surface area contributed by atoms with Gasteiger partial charge in [-0.1, -0.05) is 46.5 Å². The lowest BCUT2D eigenvalue weighted by Gasteiger charge is -2.29. The van der Waals surface area contributed by atoms with E-state index in [2.05, 4.69) is 26.9 Å². The van der Waals surface area contributed by atoms with Crippen LogP contribution in [0.5, 0.6) is 0 Å². The molecule has 1 saturated carbocycles. The Morgan fingerprint density at radius 1 is 1.32 bits per heavy atom. The predicted octanol–water partition coefficient (Wildman–Crippen LogP) is 4.08. The molecule has 0 N–H and O–H groups in total. The van der Waals surface area contributed by atoms with Gasteiger partial charge in [-0.25, -0.2) is 0 Å². The molecule has 0 spiro atoms. The summed E-state index contributed by atoms with van der Waals surface area (Å²) >= 11 is 3.48. The zero-order valence-corrected chi connectivity index (χ0v) is 13.4. The first-order chi connectivity index (χ1) is 9.13. The Bertz CT molecular complexity index is 452. The van der Waals surface area contributed by atoms with Crippen LogP contribution < -0.4 is 0 Å². The van der Waals surface area contributed by atoms with E-state index in [1.165, 1.54) is 12.8 Å². The first kappa shape index (κ1) is 14.6. The van der Waals surface area contributed by atoms with Gasteiger partial charge in [-0.3, -0.25) is 4.79 Å². The average Bonchev–Trinajstić information content (AvgIpc) is 2.92. The van der Waals surface area contributed by atoms with Crippen molar-refractivity contribution in [1.82, 2.24) is 4.90 Å². The van der Waals surface area contributed by atoms with E-state index < -0.39 is 0 Å². The fraction of sp³-hybridized carbons (Fsp3) is 0.562. The summed E-state index contributed by atoms with van der Waals surface area (Å²) in [4.78, 5) is 14.9. The van der Waals surface area contributed by atoms with Crippen LogP contribution in [-0.4, -0.2) is 28.7 Å². The second-order valence-corrected chi connectivity index (χ2v) is 6.24. The first-order valence-electron chi connectivity index (χ1n) is 7.07. The Hall–Kier alpha value is -0.830. The van der Waals surface area contributed by atoms with Crippen LogP contribution >= 0.6 is 15.9 Å². The molecule has 0 radical (unpaired) electrons. The number of nitrogens with zero attached hydrogens (tertiary/aromatic N) is 1. The van der Waals surface area contributed by atoms with E-state index in [0.29, 0.717) is 6.04 Å². The number of hydrogen-bond donors (Lipinski definition) is 0. The number of aryl methyl sites for hydroxylation is 2. The molecule has 2 nitrogen and oxygen atoms in total. The first-order valence-corrected chi connectivity index (χ1v) is 8.20. The van der Waals surface area contributed by atoms with Crippen molar-refractivity contribution in [3.8, 4) is 0 Å².